The van der Waals surface area contributed by atoms with Crippen molar-refractivity contribution in [1.82, 2.24) is 19.8 Å². The van der Waals surface area contributed by atoms with Gasteiger partial charge < -0.3 is 33.2 Å². The van der Waals surface area contributed by atoms with Gasteiger partial charge in [0.1, 0.15) is 24.1 Å². The quantitative estimate of drug-likeness (QED) is 0.305. The van der Waals surface area contributed by atoms with Gasteiger partial charge in [-0.2, -0.15) is 0 Å². The molecule has 14 heteroatoms. The molecule has 0 aromatic carbocycles. The lowest BCUT2D eigenvalue weighted by Crippen LogP contribution is -2.36. The Bertz CT molecular complexity index is 1200. The van der Waals surface area contributed by atoms with Crippen molar-refractivity contribution < 1.29 is 47.5 Å². The molecule has 3 heterocycles. The number of carbonyl (C=O) groups is 3. The fourth-order valence-electron chi connectivity index (χ4n) is 4.39. The molecule has 0 aliphatic carbocycles. The normalized spacial score (nSPS) is 18.7. The number of rotatable bonds is 8. The molecule has 2 aromatic heterocycles. The summed E-state index contributed by atoms with van der Waals surface area (Å²) in [5.41, 5.74) is 1.91. The zero-order chi connectivity index (χ0) is 32.3. The van der Waals surface area contributed by atoms with Crippen LogP contribution in [-0.2, 0) is 51.0 Å². The first-order chi connectivity index (χ1) is 21.9. The molecular weight excluding hydrogens is 588 g/mol. The van der Waals surface area contributed by atoms with E-state index in [2.05, 4.69) is 19.8 Å². The van der Waals surface area contributed by atoms with Crippen LogP contribution in [0.4, 0.5) is 0 Å². The van der Waals surface area contributed by atoms with Crippen LogP contribution in [0, 0.1) is 0 Å². The molecule has 0 amide bonds. The van der Waals surface area contributed by atoms with Crippen LogP contribution in [0.1, 0.15) is 39.3 Å². The van der Waals surface area contributed by atoms with Crippen molar-refractivity contribution in [3.05, 3.63) is 59.2 Å². The van der Waals surface area contributed by atoms with Crippen LogP contribution >= 0.6 is 0 Å². The standard InChI is InChI=1S/C31H44N4O10/c1-24(36)45-23-27-22-43-16-12-34(20-25-6-4-8-28(32-25)30(37)39-2)10-14-41-18-19-42-15-11-35(13-17-44-27)21-26-7-5-9-29(33-26)31(38)40-3/h4-9,27H,10-23H2,1-3H3/t27-/m1/s1. The summed E-state index contributed by atoms with van der Waals surface area (Å²) in [5.74, 6) is -1.39. The van der Waals surface area contributed by atoms with Crippen molar-refractivity contribution in [2.75, 3.05) is 93.3 Å². The van der Waals surface area contributed by atoms with Crippen LogP contribution in [-0.4, -0.2) is 137 Å². The summed E-state index contributed by atoms with van der Waals surface area (Å²) in [7, 11) is 2.64. The molecule has 14 nitrogen and oxygen atoms in total. The van der Waals surface area contributed by atoms with E-state index < -0.39 is 24.0 Å². The van der Waals surface area contributed by atoms with Gasteiger partial charge in [0.15, 0.2) is 0 Å². The number of carbonyl (C=O) groups excluding carboxylic acids is 3. The lowest BCUT2D eigenvalue weighted by Gasteiger charge is -2.25. The van der Waals surface area contributed by atoms with E-state index in [4.69, 9.17) is 33.2 Å². The Labute approximate surface area is 263 Å². The van der Waals surface area contributed by atoms with E-state index in [9.17, 15) is 14.4 Å². The van der Waals surface area contributed by atoms with Crippen molar-refractivity contribution in [2.45, 2.75) is 26.1 Å². The second-order valence-electron chi connectivity index (χ2n) is 10.2. The maximum Gasteiger partial charge on any atom is 0.356 e. The fourth-order valence-corrected chi connectivity index (χ4v) is 4.39. The van der Waals surface area contributed by atoms with E-state index in [1.165, 1.54) is 21.1 Å². The Morgan fingerprint density at radius 2 is 1.22 bits per heavy atom. The molecule has 2 aromatic rings. The third-order valence-corrected chi connectivity index (χ3v) is 6.74. The Morgan fingerprint density at radius 1 is 0.733 bits per heavy atom. The van der Waals surface area contributed by atoms with Crippen LogP contribution in [0.3, 0.4) is 0 Å². The molecule has 0 radical (unpaired) electrons. The smallest absolute Gasteiger partial charge is 0.356 e. The zero-order valence-corrected chi connectivity index (χ0v) is 26.3. The predicted molar refractivity (Wildman–Crippen MR) is 161 cm³/mol. The summed E-state index contributed by atoms with van der Waals surface area (Å²) in [5, 5.41) is 0. The van der Waals surface area contributed by atoms with Crippen molar-refractivity contribution >= 4 is 17.9 Å². The second kappa shape index (κ2) is 20.5. The highest BCUT2D eigenvalue weighted by atomic mass is 16.6. The second-order valence-corrected chi connectivity index (χ2v) is 10.2. The number of hydrogen-bond acceptors (Lipinski definition) is 14. The van der Waals surface area contributed by atoms with Crippen LogP contribution in [0.5, 0.6) is 0 Å². The number of ether oxygens (including phenoxy) is 7. The number of aromatic nitrogens is 2. The number of nitrogens with zero attached hydrogens (tertiary/aromatic N) is 4. The van der Waals surface area contributed by atoms with Crippen molar-refractivity contribution in [3.63, 3.8) is 0 Å². The summed E-state index contributed by atoms with van der Waals surface area (Å²) < 4.78 is 38.5. The number of pyridine rings is 2. The molecule has 0 saturated carbocycles. The molecule has 0 unspecified atom stereocenters. The summed E-state index contributed by atoms with van der Waals surface area (Å²) >= 11 is 0. The summed E-state index contributed by atoms with van der Waals surface area (Å²) in [6.45, 7) is 7.36. The zero-order valence-electron chi connectivity index (χ0n) is 26.3. The van der Waals surface area contributed by atoms with Crippen LogP contribution in [0.25, 0.3) is 0 Å². The third-order valence-electron chi connectivity index (χ3n) is 6.74. The van der Waals surface area contributed by atoms with Crippen molar-refractivity contribution in [1.29, 1.82) is 0 Å². The van der Waals surface area contributed by atoms with Crippen molar-refractivity contribution in [2.24, 2.45) is 0 Å². The van der Waals surface area contributed by atoms with Gasteiger partial charge in [0.2, 0.25) is 0 Å². The lowest BCUT2D eigenvalue weighted by atomic mass is 10.2. The average molecular weight is 633 g/mol. The van der Waals surface area contributed by atoms with E-state index in [1.54, 1.807) is 24.3 Å². The maximum absolute atomic E-state index is 11.9. The molecule has 0 N–H and O–H groups in total. The highest BCUT2D eigenvalue weighted by Gasteiger charge is 2.17. The molecule has 1 fully saturated rings. The van der Waals surface area contributed by atoms with Crippen molar-refractivity contribution in [3.8, 4) is 0 Å². The van der Waals surface area contributed by atoms with Crippen LogP contribution < -0.4 is 0 Å². The molecule has 3 rings (SSSR count). The molecule has 1 saturated heterocycles. The summed E-state index contributed by atoms with van der Waals surface area (Å²) in [6.07, 6.45) is -0.471. The molecule has 248 valence electrons. The van der Waals surface area contributed by atoms with E-state index in [-0.39, 0.29) is 24.6 Å². The first kappa shape index (κ1) is 35.9. The van der Waals surface area contributed by atoms with E-state index in [0.29, 0.717) is 84.6 Å². The van der Waals surface area contributed by atoms with Gasteiger partial charge in [-0.05, 0) is 24.3 Å². The van der Waals surface area contributed by atoms with Gasteiger partial charge >= 0.3 is 17.9 Å². The van der Waals surface area contributed by atoms with Gasteiger partial charge in [0.25, 0.3) is 0 Å². The molecule has 45 heavy (non-hydrogen) atoms. The van der Waals surface area contributed by atoms with Crippen LogP contribution in [0.15, 0.2) is 36.4 Å². The summed E-state index contributed by atoms with van der Waals surface area (Å²) in [4.78, 5) is 48.5. The van der Waals surface area contributed by atoms with Gasteiger partial charge in [-0.15, -0.1) is 0 Å². The first-order valence-corrected chi connectivity index (χ1v) is 14.9. The average Bonchev–Trinajstić information content (AvgIpc) is 3.04. The van der Waals surface area contributed by atoms with Gasteiger partial charge in [0.05, 0.1) is 71.9 Å². The monoisotopic (exact) mass is 632 g/mol. The predicted octanol–water partition coefficient (Wildman–Crippen LogP) is 1.37. The highest BCUT2D eigenvalue weighted by Crippen LogP contribution is 2.08. The largest absolute Gasteiger partial charge is 0.464 e. The molecule has 1 aliphatic heterocycles. The van der Waals surface area contributed by atoms with E-state index >= 15 is 0 Å². The maximum atomic E-state index is 11.9. The van der Waals surface area contributed by atoms with Gasteiger partial charge in [-0.3, -0.25) is 14.6 Å². The fraction of sp³-hybridized carbons (Fsp3) is 0.581. The molecule has 1 aliphatic rings. The van der Waals surface area contributed by atoms with Gasteiger partial charge in [-0.25, -0.2) is 19.6 Å². The topological polar surface area (TPSA) is 148 Å². The first-order valence-electron chi connectivity index (χ1n) is 14.9. The Morgan fingerprint density at radius 3 is 1.71 bits per heavy atom. The summed E-state index contributed by atoms with van der Waals surface area (Å²) in [6, 6.07) is 10.5. The molecule has 0 bridgehead atoms. The Balaban J connectivity index is 1.62. The van der Waals surface area contributed by atoms with Gasteiger partial charge in [0, 0.05) is 46.2 Å². The lowest BCUT2D eigenvalue weighted by molar-refractivity contribution is -0.147. The highest BCUT2D eigenvalue weighted by molar-refractivity contribution is 5.87. The van der Waals surface area contributed by atoms with E-state index in [0.717, 1.165) is 5.69 Å². The Hall–Kier alpha value is -3.53. The van der Waals surface area contributed by atoms with Crippen LogP contribution in [0.2, 0.25) is 0 Å². The Kier molecular flexibility index (Phi) is 16.4. The van der Waals surface area contributed by atoms with E-state index in [1.807, 2.05) is 12.1 Å². The molecule has 1 atom stereocenters. The minimum absolute atomic E-state index is 0.0585. The SMILES string of the molecule is COC(=O)c1cccc(CN2CCOCCOCCN(Cc3cccc(C(=O)OC)n3)CCO[C@@H](COC(C)=O)COCC2)n1. The van der Waals surface area contributed by atoms with Gasteiger partial charge in [-0.1, -0.05) is 12.1 Å². The minimum Gasteiger partial charge on any atom is -0.464 e. The molecular formula is C31H44N4O10. The molecule has 0 spiro atoms. The number of esters is 3. The number of hydrogen-bond donors (Lipinski definition) is 0. The minimum atomic E-state index is -0.496. The number of methoxy groups -OCH3 is 2. The third kappa shape index (κ3) is 14.0.